The Bertz CT molecular complexity index is 549. The summed E-state index contributed by atoms with van der Waals surface area (Å²) >= 11 is 10.3. The predicted molar refractivity (Wildman–Crippen MR) is 80.7 cm³/mol. The molecule has 1 rings (SSSR count). The molecule has 0 atom stereocenters. The van der Waals surface area contributed by atoms with E-state index in [0.717, 1.165) is 6.21 Å². The van der Waals surface area contributed by atoms with E-state index in [4.69, 9.17) is 17.3 Å². The molecule has 0 aliphatic carbocycles. The number of anilines is 1. The number of nitrogens with zero attached hydrogens (tertiary/aromatic N) is 1. The maximum absolute atomic E-state index is 11.9. The number of hydrogen-bond donors (Lipinski definition) is 3. The van der Waals surface area contributed by atoms with Crippen LogP contribution in [0, 0.1) is 0 Å². The predicted octanol–water partition coefficient (Wildman–Crippen LogP) is 2.42. The number of rotatable bonds is 3. The average Bonchev–Trinajstić information content (AvgIpc) is 2.31. The molecule has 0 aliphatic heterocycles. The number of amides is 1. The molecule has 1 amide bonds. The molecule has 1 aromatic carbocycles. The van der Waals surface area contributed by atoms with Gasteiger partial charge in [0.25, 0.3) is 5.91 Å². The van der Waals surface area contributed by atoms with Crippen molar-refractivity contribution in [2.45, 2.75) is 6.92 Å². The van der Waals surface area contributed by atoms with E-state index in [1.165, 1.54) is 6.92 Å². The fourth-order valence-corrected chi connectivity index (χ4v) is 1.35. The van der Waals surface area contributed by atoms with Crippen LogP contribution in [0.1, 0.15) is 6.92 Å². The van der Waals surface area contributed by atoms with Crippen LogP contribution in [0.25, 0.3) is 0 Å². The number of carbonyl (C=O) groups excluding carboxylic acids is 1. The van der Waals surface area contributed by atoms with Crippen LogP contribution < -0.4 is 11.1 Å². The van der Waals surface area contributed by atoms with Gasteiger partial charge in [0.2, 0.25) is 0 Å². The number of nitrogens with one attached hydrogen (secondary N) is 1. The number of halogens is 1. The molecule has 7 heteroatoms. The molecule has 0 saturated heterocycles. The molecule has 5 nitrogen and oxygen atoms in total. The molecule has 0 fully saturated rings. The first-order chi connectivity index (χ1) is 8.90. The third kappa shape index (κ3) is 5.07. The number of carbonyl (C=O) groups is 1. The Hall–Kier alpha value is -1.92. The lowest BCUT2D eigenvalue weighted by molar-refractivity contribution is -0.112. The molecule has 0 radical (unpaired) electrons. The van der Waals surface area contributed by atoms with Gasteiger partial charge in [-0.15, -0.1) is 0 Å². The highest BCUT2D eigenvalue weighted by molar-refractivity contribution is 7.80. The van der Waals surface area contributed by atoms with Gasteiger partial charge in [-0.2, -0.15) is 0 Å². The summed E-state index contributed by atoms with van der Waals surface area (Å²) in [4.78, 5) is 15.5. The summed E-state index contributed by atoms with van der Waals surface area (Å²) in [7, 11) is 0. The minimum absolute atomic E-state index is 0.0252. The summed E-state index contributed by atoms with van der Waals surface area (Å²) in [5.74, 6) is -0.714. The van der Waals surface area contributed by atoms with Crippen molar-refractivity contribution in [3.05, 3.63) is 40.6 Å². The van der Waals surface area contributed by atoms with Gasteiger partial charge in [0.1, 0.15) is 5.76 Å². The maximum atomic E-state index is 11.9. The standard InChI is InChI=1S/C12H12ClN3O2S/c1-7(17)10(6-15-12(14)19)11(18)16-9-4-2-8(13)3-5-9/h2-6,17H,1H3,(H2,14,19)(H,16,18). The summed E-state index contributed by atoms with van der Waals surface area (Å²) in [6, 6.07) is 6.54. The van der Waals surface area contributed by atoms with Gasteiger partial charge in [-0.1, -0.05) is 11.6 Å². The van der Waals surface area contributed by atoms with Gasteiger partial charge < -0.3 is 16.2 Å². The van der Waals surface area contributed by atoms with Crippen molar-refractivity contribution < 1.29 is 9.90 Å². The Morgan fingerprint density at radius 3 is 2.53 bits per heavy atom. The van der Waals surface area contributed by atoms with Crippen LogP contribution >= 0.6 is 23.8 Å². The zero-order chi connectivity index (χ0) is 14.4. The maximum Gasteiger partial charge on any atom is 0.260 e. The first-order valence-corrected chi connectivity index (χ1v) is 5.99. The van der Waals surface area contributed by atoms with E-state index < -0.39 is 5.91 Å². The highest BCUT2D eigenvalue weighted by Gasteiger charge is 2.11. The Morgan fingerprint density at radius 1 is 1.47 bits per heavy atom. The minimum Gasteiger partial charge on any atom is -0.512 e. The minimum atomic E-state index is -0.526. The third-order valence-electron chi connectivity index (χ3n) is 2.06. The van der Waals surface area contributed by atoms with Crippen LogP contribution in [0.3, 0.4) is 0 Å². The number of allylic oxidation sites excluding steroid dienone is 1. The van der Waals surface area contributed by atoms with Crippen LogP contribution in [0.15, 0.2) is 40.6 Å². The lowest BCUT2D eigenvalue weighted by atomic mass is 10.2. The molecular formula is C12H12ClN3O2S. The van der Waals surface area contributed by atoms with E-state index in [0.29, 0.717) is 10.7 Å². The van der Waals surface area contributed by atoms with Crippen molar-refractivity contribution in [2.75, 3.05) is 5.32 Å². The van der Waals surface area contributed by atoms with E-state index in [-0.39, 0.29) is 16.4 Å². The molecule has 100 valence electrons. The van der Waals surface area contributed by atoms with E-state index in [9.17, 15) is 9.90 Å². The fourth-order valence-electron chi connectivity index (χ4n) is 1.18. The smallest absolute Gasteiger partial charge is 0.260 e. The van der Waals surface area contributed by atoms with E-state index in [2.05, 4.69) is 22.5 Å². The first kappa shape index (κ1) is 15.1. The van der Waals surface area contributed by atoms with Gasteiger partial charge in [0.05, 0.1) is 5.57 Å². The second kappa shape index (κ2) is 6.86. The summed E-state index contributed by atoms with van der Waals surface area (Å²) in [5, 5.41) is 12.5. The van der Waals surface area contributed by atoms with Crippen LogP contribution in [-0.2, 0) is 4.79 Å². The zero-order valence-corrected chi connectivity index (χ0v) is 11.6. The van der Waals surface area contributed by atoms with Crippen molar-refractivity contribution in [2.24, 2.45) is 10.7 Å². The molecule has 19 heavy (non-hydrogen) atoms. The Labute approximate surface area is 120 Å². The Morgan fingerprint density at radius 2 is 2.05 bits per heavy atom. The average molecular weight is 298 g/mol. The molecule has 0 aromatic heterocycles. The quantitative estimate of drug-likeness (QED) is 0.346. The van der Waals surface area contributed by atoms with Crippen LogP contribution in [0.5, 0.6) is 0 Å². The van der Waals surface area contributed by atoms with E-state index in [1.807, 2.05) is 0 Å². The second-order valence-electron chi connectivity index (χ2n) is 3.56. The number of thiocarbonyl (C=S) groups is 1. The number of aliphatic hydroxyl groups excluding tert-OH is 1. The Balaban J connectivity index is 2.88. The number of hydrogen-bond acceptors (Lipinski definition) is 3. The summed E-state index contributed by atoms with van der Waals surface area (Å²) in [6.45, 7) is 1.36. The van der Waals surface area contributed by atoms with Gasteiger partial charge in [0.15, 0.2) is 5.11 Å². The third-order valence-corrected chi connectivity index (χ3v) is 2.41. The highest BCUT2D eigenvalue weighted by Crippen LogP contribution is 2.14. The van der Waals surface area contributed by atoms with Crippen LogP contribution in [0.4, 0.5) is 5.69 Å². The number of aliphatic hydroxyl groups is 1. The molecule has 0 aliphatic rings. The zero-order valence-electron chi connectivity index (χ0n) is 10.1. The molecule has 0 saturated carbocycles. The highest BCUT2D eigenvalue weighted by atomic mass is 35.5. The largest absolute Gasteiger partial charge is 0.512 e. The number of benzene rings is 1. The van der Waals surface area contributed by atoms with Crippen molar-refractivity contribution in [1.82, 2.24) is 0 Å². The molecule has 0 heterocycles. The number of aliphatic imine (C=N–C) groups is 1. The van der Waals surface area contributed by atoms with E-state index >= 15 is 0 Å². The summed E-state index contributed by atoms with van der Waals surface area (Å²) in [6.07, 6.45) is 1.11. The molecule has 0 unspecified atom stereocenters. The van der Waals surface area contributed by atoms with Crippen LogP contribution in [0.2, 0.25) is 5.02 Å². The monoisotopic (exact) mass is 297 g/mol. The topological polar surface area (TPSA) is 87.7 Å². The number of nitrogens with two attached hydrogens (primary N) is 1. The van der Waals surface area contributed by atoms with Gasteiger partial charge in [0, 0.05) is 16.9 Å². The van der Waals surface area contributed by atoms with Gasteiger partial charge >= 0.3 is 0 Å². The van der Waals surface area contributed by atoms with Crippen LogP contribution in [-0.4, -0.2) is 22.3 Å². The SMILES string of the molecule is CC(O)=C(C=NC(N)=S)C(=O)Nc1ccc(Cl)cc1. The van der Waals surface area contributed by atoms with Crippen molar-refractivity contribution in [3.63, 3.8) is 0 Å². The molecular weight excluding hydrogens is 286 g/mol. The Kier molecular flexibility index (Phi) is 5.47. The summed E-state index contributed by atoms with van der Waals surface area (Å²) in [5.41, 5.74) is 5.71. The van der Waals surface area contributed by atoms with E-state index in [1.54, 1.807) is 24.3 Å². The molecule has 4 N–H and O–H groups in total. The molecule has 1 aromatic rings. The first-order valence-electron chi connectivity index (χ1n) is 5.20. The summed E-state index contributed by atoms with van der Waals surface area (Å²) < 4.78 is 0. The van der Waals surface area contributed by atoms with Gasteiger partial charge in [-0.3, -0.25) is 4.79 Å². The lowest BCUT2D eigenvalue weighted by Crippen LogP contribution is -2.17. The van der Waals surface area contributed by atoms with Crippen molar-refractivity contribution in [1.29, 1.82) is 0 Å². The lowest BCUT2D eigenvalue weighted by Gasteiger charge is -2.06. The molecule has 0 bridgehead atoms. The van der Waals surface area contributed by atoms with Gasteiger partial charge in [-0.25, -0.2) is 4.99 Å². The van der Waals surface area contributed by atoms with Gasteiger partial charge in [-0.05, 0) is 43.4 Å². The fraction of sp³-hybridized carbons (Fsp3) is 0.0833. The second-order valence-corrected chi connectivity index (χ2v) is 4.41. The van der Waals surface area contributed by atoms with Crippen molar-refractivity contribution in [3.8, 4) is 0 Å². The molecule has 0 spiro atoms. The normalized spacial score (nSPS) is 12.1. The van der Waals surface area contributed by atoms with Crippen molar-refractivity contribution >= 4 is 46.7 Å².